The lowest BCUT2D eigenvalue weighted by Gasteiger charge is -2.21. The number of nitrogens with one attached hydrogen (secondary N) is 1. The van der Waals surface area contributed by atoms with Gasteiger partial charge < -0.3 is 15.0 Å². The zero-order chi connectivity index (χ0) is 14.7. The summed E-state index contributed by atoms with van der Waals surface area (Å²) in [5, 5.41) is 12.2. The number of aliphatic hydroxyl groups is 1. The number of aryl methyl sites for hydroxylation is 1. The highest BCUT2D eigenvalue weighted by Gasteiger charge is 2.18. The summed E-state index contributed by atoms with van der Waals surface area (Å²) < 4.78 is 1.91. The lowest BCUT2D eigenvalue weighted by molar-refractivity contribution is 0.0936. The molecule has 1 aromatic heterocycles. The topological polar surface area (TPSA) is 67.2 Å². The molecular weight excluding hydrogens is 274 g/mol. The fourth-order valence-electron chi connectivity index (χ4n) is 2.10. The number of rotatable bonds is 5. The number of aliphatic hydroxyl groups excluding tert-OH is 1. The molecule has 108 valence electrons. The third-order valence-corrected chi connectivity index (χ3v) is 4.55. The van der Waals surface area contributed by atoms with E-state index in [2.05, 4.69) is 10.3 Å². The summed E-state index contributed by atoms with van der Waals surface area (Å²) in [6, 6.07) is 5.37. The largest absolute Gasteiger partial charge is 0.395 e. The van der Waals surface area contributed by atoms with Crippen molar-refractivity contribution in [3.63, 3.8) is 0 Å². The van der Waals surface area contributed by atoms with Gasteiger partial charge in [0, 0.05) is 23.9 Å². The Balaban J connectivity index is 2.14. The van der Waals surface area contributed by atoms with Gasteiger partial charge in [-0.15, -0.1) is 0 Å². The first-order valence-corrected chi connectivity index (χ1v) is 7.71. The first kappa shape index (κ1) is 14.9. The van der Waals surface area contributed by atoms with Gasteiger partial charge in [-0.25, -0.2) is 4.98 Å². The molecule has 0 saturated carbocycles. The predicted molar refractivity (Wildman–Crippen MR) is 82.0 cm³/mol. The number of fused-ring (bicyclic) bond motifs is 1. The molecule has 0 saturated heterocycles. The second-order valence-corrected chi connectivity index (χ2v) is 5.85. The van der Waals surface area contributed by atoms with Gasteiger partial charge >= 0.3 is 0 Å². The molecule has 1 aromatic carbocycles. The SMILES string of the molecule is CSC(CO)C(C)NC(=O)c1ccc2c(c1)ncn2C. The number of carbonyl (C=O) groups is 1. The molecule has 0 aliphatic carbocycles. The maximum atomic E-state index is 12.2. The quantitative estimate of drug-likeness (QED) is 0.875. The number of aromatic nitrogens is 2. The fraction of sp³-hybridized carbons (Fsp3) is 0.429. The lowest BCUT2D eigenvalue weighted by Crippen LogP contribution is -2.41. The second-order valence-electron chi connectivity index (χ2n) is 4.78. The molecule has 6 heteroatoms. The van der Waals surface area contributed by atoms with Crippen LogP contribution in [-0.4, -0.2) is 44.7 Å². The number of hydrogen-bond donors (Lipinski definition) is 2. The number of hydrogen-bond acceptors (Lipinski definition) is 4. The van der Waals surface area contributed by atoms with E-state index in [1.165, 1.54) is 0 Å². The van der Waals surface area contributed by atoms with E-state index < -0.39 is 0 Å². The van der Waals surface area contributed by atoms with Gasteiger partial charge in [0.2, 0.25) is 0 Å². The predicted octanol–water partition coefficient (Wildman–Crippen LogP) is 1.42. The minimum atomic E-state index is -0.141. The van der Waals surface area contributed by atoms with Gasteiger partial charge in [0.1, 0.15) is 0 Å². The van der Waals surface area contributed by atoms with Crippen molar-refractivity contribution in [2.24, 2.45) is 7.05 Å². The number of imidazole rings is 1. The summed E-state index contributed by atoms with van der Waals surface area (Å²) in [5.41, 5.74) is 2.38. The molecule has 2 atom stereocenters. The van der Waals surface area contributed by atoms with Crippen LogP contribution >= 0.6 is 11.8 Å². The highest BCUT2D eigenvalue weighted by Crippen LogP contribution is 2.15. The Morgan fingerprint density at radius 1 is 1.55 bits per heavy atom. The van der Waals surface area contributed by atoms with Gasteiger partial charge in [0.25, 0.3) is 5.91 Å². The molecule has 0 aliphatic rings. The average Bonchev–Trinajstić information content (AvgIpc) is 2.81. The summed E-state index contributed by atoms with van der Waals surface area (Å²) in [6.07, 6.45) is 3.65. The molecule has 0 radical (unpaired) electrons. The van der Waals surface area contributed by atoms with Crippen molar-refractivity contribution in [3.05, 3.63) is 30.1 Å². The maximum absolute atomic E-state index is 12.2. The summed E-state index contributed by atoms with van der Waals surface area (Å²) in [6.45, 7) is 1.94. The molecule has 5 nitrogen and oxygen atoms in total. The van der Waals surface area contributed by atoms with E-state index in [1.54, 1.807) is 30.2 Å². The number of nitrogens with zero attached hydrogens (tertiary/aromatic N) is 2. The van der Waals surface area contributed by atoms with E-state index in [1.807, 2.05) is 30.9 Å². The zero-order valence-corrected chi connectivity index (χ0v) is 12.6. The second kappa shape index (κ2) is 6.28. The number of benzene rings is 1. The van der Waals surface area contributed by atoms with Crippen molar-refractivity contribution in [1.29, 1.82) is 0 Å². The van der Waals surface area contributed by atoms with Crippen molar-refractivity contribution >= 4 is 28.7 Å². The normalized spacial score (nSPS) is 14.2. The third kappa shape index (κ3) is 2.96. The molecule has 20 heavy (non-hydrogen) atoms. The summed E-state index contributed by atoms with van der Waals surface area (Å²) in [5.74, 6) is -0.141. The summed E-state index contributed by atoms with van der Waals surface area (Å²) in [4.78, 5) is 16.5. The van der Waals surface area contributed by atoms with Crippen LogP contribution in [0.4, 0.5) is 0 Å². The Labute approximate surface area is 122 Å². The Morgan fingerprint density at radius 3 is 2.95 bits per heavy atom. The molecule has 2 unspecified atom stereocenters. The summed E-state index contributed by atoms with van der Waals surface area (Å²) >= 11 is 1.54. The molecular formula is C14H19N3O2S. The summed E-state index contributed by atoms with van der Waals surface area (Å²) in [7, 11) is 1.92. The van der Waals surface area contributed by atoms with Gasteiger partial charge in [-0.2, -0.15) is 11.8 Å². The molecule has 0 spiro atoms. The first-order valence-electron chi connectivity index (χ1n) is 6.42. The number of carbonyl (C=O) groups excluding carboxylic acids is 1. The van der Waals surface area contributed by atoms with Crippen LogP contribution in [0.25, 0.3) is 11.0 Å². The molecule has 1 heterocycles. The minimum absolute atomic E-state index is 0.00229. The van der Waals surface area contributed by atoms with Crippen LogP contribution in [0.3, 0.4) is 0 Å². The lowest BCUT2D eigenvalue weighted by atomic mass is 10.1. The molecule has 0 aliphatic heterocycles. The van der Waals surface area contributed by atoms with Crippen molar-refractivity contribution in [1.82, 2.24) is 14.9 Å². The standard InChI is InChI=1S/C14H19N3O2S/c1-9(13(7-18)20-3)16-14(19)10-4-5-12-11(6-10)15-8-17(12)2/h4-6,8-9,13,18H,7H2,1-3H3,(H,16,19). The first-order chi connectivity index (χ1) is 9.56. The highest BCUT2D eigenvalue weighted by molar-refractivity contribution is 7.99. The number of thioether (sulfide) groups is 1. The average molecular weight is 293 g/mol. The van der Waals surface area contributed by atoms with E-state index in [0.717, 1.165) is 11.0 Å². The minimum Gasteiger partial charge on any atom is -0.395 e. The van der Waals surface area contributed by atoms with E-state index in [9.17, 15) is 9.90 Å². The van der Waals surface area contributed by atoms with Crippen molar-refractivity contribution < 1.29 is 9.90 Å². The molecule has 0 fully saturated rings. The van der Waals surface area contributed by atoms with Crippen molar-refractivity contribution in [3.8, 4) is 0 Å². The van der Waals surface area contributed by atoms with Crippen molar-refractivity contribution in [2.75, 3.05) is 12.9 Å². The van der Waals surface area contributed by atoms with Gasteiger partial charge in [-0.05, 0) is 31.4 Å². The van der Waals surface area contributed by atoms with Crippen LogP contribution in [0.5, 0.6) is 0 Å². The van der Waals surface area contributed by atoms with Gasteiger partial charge in [0.05, 0.1) is 24.0 Å². The molecule has 2 N–H and O–H groups in total. The van der Waals surface area contributed by atoms with E-state index in [4.69, 9.17) is 0 Å². The van der Waals surface area contributed by atoms with Crippen LogP contribution in [0.1, 0.15) is 17.3 Å². The number of amides is 1. The van der Waals surface area contributed by atoms with E-state index in [0.29, 0.717) is 5.56 Å². The molecule has 0 bridgehead atoms. The monoisotopic (exact) mass is 293 g/mol. The maximum Gasteiger partial charge on any atom is 0.251 e. The van der Waals surface area contributed by atoms with Crippen molar-refractivity contribution in [2.45, 2.75) is 18.2 Å². The molecule has 2 aromatic rings. The van der Waals surface area contributed by atoms with Crippen LogP contribution in [0.15, 0.2) is 24.5 Å². The molecule has 2 rings (SSSR count). The van der Waals surface area contributed by atoms with Gasteiger partial charge in [0.15, 0.2) is 0 Å². The van der Waals surface area contributed by atoms with Crippen LogP contribution in [0, 0.1) is 0 Å². The van der Waals surface area contributed by atoms with Gasteiger partial charge in [-0.1, -0.05) is 0 Å². The Bertz CT molecular complexity index is 607. The third-order valence-electron chi connectivity index (χ3n) is 3.39. The highest BCUT2D eigenvalue weighted by atomic mass is 32.2. The van der Waals surface area contributed by atoms with E-state index >= 15 is 0 Å². The Kier molecular flexibility index (Phi) is 4.67. The van der Waals surface area contributed by atoms with Crippen LogP contribution in [-0.2, 0) is 7.05 Å². The molecule has 1 amide bonds. The van der Waals surface area contributed by atoms with Crippen LogP contribution in [0.2, 0.25) is 0 Å². The Morgan fingerprint density at radius 2 is 2.30 bits per heavy atom. The smallest absolute Gasteiger partial charge is 0.251 e. The van der Waals surface area contributed by atoms with E-state index in [-0.39, 0.29) is 23.8 Å². The van der Waals surface area contributed by atoms with Gasteiger partial charge in [-0.3, -0.25) is 4.79 Å². The fourth-order valence-corrected chi connectivity index (χ4v) is 2.72. The Hall–Kier alpha value is -1.53. The zero-order valence-electron chi connectivity index (χ0n) is 11.8. The van der Waals surface area contributed by atoms with Crippen LogP contribution < -0.4 is 5.32 Å².